The van der Waals surface area contributed by atoms with Crippen molar-refractivity contribution >= 4 is 11.9 Å². The van der Waals surface area contributed by atoms with Gasteiger partial charge in [0, 0.05) is 13.1 Å². The maximum atomic E-state index is 11.4. The summed E-state index contributed by atoms with van der Waals surface area (Å²) in [6, 6.07) is 5.92. The number of carboxylic acid groups (broad SMARTS) is 1. The summed E-state index contributed by atoms with van der Waals surface area (Å²) in [6.07, 6.45) is 0. The summed E-state index contributed by atoms with van der Waals surface area (Å²) in [4.78, 5) is 22.1. The van der Waals surface area contributed by atoms with Gasteiger partial charge in [0.2, 0.25) is 5.91 Å². The number of carboxylic acids is 1. The van der Waals surface area contributed by atoms with Crippen LogP contribution in [-0.4, -0.2) is 42.7 Å². The second-order valence-electron chi connectivity index (χ2n) is 4.25. The average molecular weight is 280 g/mol. The van der Waals surface area contributed by atoms with Crippen molar-refractivity contribution in [2.75, 3.05) is 19.7 Å². The number of ether oxygens (including phenoxy) is 1. The van der Waals surface area contributed by atoms with Crippen molar-refractivity contribution < 1.29 is 19.4 Å². The van der Waals surface area contributed by atoms with Gasteiger partial charge >= 0.3 is 5.97 Å². The van der Waals surface area contributed by atoms with E-state index in [1.165, 1.54) is 12.1 Å². The molecule has 6 nitrogen and oxygen atoms in total. The monoisotopic (exact) mass is 280 g/mol. The normalized spacial score (nSPS) is 11.7. The zero-order chi connectivity index (χ0) is 15.0. The standard InChI is InChI=1S/C14H20N2O4/c1-3-15-13(17)10(2)16-8-9-20-12-6-4-11(5-7-12)14(18)19/h4-7,10,16H,3,8-9H2,1-2H3,(H,15,17)(H,18,19). The molecular weight excluding hydrogens is 260 g/mol. The van der Waals surface area contributed by atoms with E-state index in [0.717, 1.165) is 0 Å². The highest BCUT2D eigenvalue weighted by Gasteiger charge is 2.10. The molecule has 1 aromatic carbocycles. The van der Waals surface area contributed by atoms with Gasteiger partial charge in [-0.2, -0.15) is 0 Å². The lowest BCUT2D eigenvalue weighted by molar-refractivity contribution is -0.122. The molecule has 6 heteroatoms. The maximum absolute atomic E-state index is 11.4. The lowest BCUT2D eigenvalue weighted by Crippen LogP contribution is -2.43. The highest BCUT2D eigenvalue weighted by atomic mass is 16.5. The van der Waals surface area contributed by atoms with Crippen molar-refractivity contribution in [1.82, 2.24) is 10.6 Å². The van der Waals surface area contributed by atoms with E-state index in [4.69, 9.17) is 9.84 Å². The molecule has 0 aliphatic rings. The van der Waals surface area contributed by atoms with Crippen molar-refractivity contribution in [2.24, 2.45) is 0 Å². The van der Waals surface area contributed by atoms with Crippen LogP contribution >= 0.6 is 0 Å². The van der Waals surface area contributed by atoms with E-state index < -0.39 is 5.97 Å². The van der Waals surface area contributed by atoms with Gasteiger partial charge in [0.05, 0.1) is 11.6 Å². The third-order valence-corrected chi connectivity index (χ3v) is 2.67. The number of rotatable bonds is 8. The van der Waals surface area contributed by atoms with Crippen LogP contribution in [0.25, 0.3) is 0 Å². The molecule has 1 amide bonds. The van der Waals surface area contributed by atoms with E-state index in [1.54, 1.807) is 19.1 Å². The second kappa shape index (κ2) is 8.16. The summed E-state index contributed by atoms with van der Waals surface area (Å²) in [6.45, 7) is 5.19. The molecule has 0 radical (unpaired) electrons. The summed E-state index contributed by atoms with van der Waals surface area (Å²) in [5.74, 6) is -0.408. The van der Waals surface area contributed by atoms with Gasteiger partial charge in [-0.3, -0.25) is 4.79 Å². The van der Waals surface area contributed by atoms with Crippen molar-refractivity contribution in [3.8, 4) is 5.75 Å². The van der Waals surface area contributed by atoms with E-state index >= 15 is 0 Å². The molecule has 0 aliphatic carbocycles. The number of benzene rings is 1. The van der Waals surface area contributed by atoms with E-state index in [-0.39, 0.29) is 17.5 Å². The van der Waals surface area contributed by atoms with Gasteiger partial charge in [-0.25, -0.2) is 4.79 Å². The number of carbonyl (C=O) groups excluding carboxylic acids is 1. The molecule has 1 atom stereocenters. The molecule has 0 spiro atoms. The van der Waals surface area contributed by atoms with Crippen LogP contribution in [0.4, 0.5) is 0 Å². The summed E-state index contributed by atoms with van der Waals surface area (Å²) < 4.78 is 5.44. The van der Waals surface area contributed by atoms with Crippen LogP contribution in [-0.2, 0) is 4.79 Å². The highest BCUT2D eigenvalue weighted by Crippen LogP contribution is 2.11. The van der Waals surface area contributed by atoms with Gasteiger partial charge in [-0.05, 0) is 38.1 Å². The Kier molecular flexibility index (Phi) is 6.52. The zero-order valence-corrected chi connectivity index (χ0v) is 11.7. The molecule has 0 saturated carbocycles. The average Bonchev–Trinajstić information content (AvgIpc) is 2.44. The quantitative estimate of drug-likeness (QED) is 0.615. The predicted octanol–water partition coefficient (Wildman–Crippen LogP) is 0.878. The van der Waals surface area contributed by atoms with Crippen LogP contribution < -0.4 is 15.4 Å². The molecule has 1 unspecified atom stereocenters. The Labute approximate surface area is 118 Å². The molecule has 1 rings (SSSR count). The highest BCUT2D eigenvalue weighted by molar-refractivity contribution is 5.87. The molecule has 0 aliphatic heterocycles. The van der Waals surface area contributed by atoms with Gasteiger partial charge in [-0.15, -0.1) is 0 Å². The first-order valence-corrected chi connectivity index (χ1v) is 6.51. The molecule has 3 N–H and O–H groups in total. The fraction of sp³-hybridized carbons (Fsp3) is 0.429. The van der Waals surface area contributed by atoms with Crippen LogP contribution in [0.3, 0.4) is 0 Å². The molecule has 110 valence electrons. The molecule has 20 heavy (non-hydrogen) atoms. The fourth-order valence-electron chi connectivity index (χ4n) is 1.56. The Bertz CT molecular complexity index is 445. The Morgan fingerprint density at radius 3 is 2.50 bits per heavy atom. The summed E-state index contributed by atoms with van der Waals surface area (Å²) in [5, 5.41) is 14.5. The first-order chi connectivity index (χ1) is 9.54. The Morgan fingerprint density at radius 1 is 1.30 bits per heavy atom. The molecule has 1 aromatic rings. The number of nitrogens with one attached hydrogen (secondary N) is 2. The molecule has 0 bridgehead atoms. The first-order valence-electron chi connectivity index (χ1n) is 6.51. The minimum absolute atomic E-state index is 0.0432. The summed E-state index contributed by atoms with van der Waals surface area (Å²) >= 11 is 0. The number of carbonyl (C=O) groups is 2. The van der Waals surface area contributed by atoms with E-state index in [0.29, 0.717) is 25.4 Å². The van der Waals surface area contributed by atoms with Crippen LogP contribution in [0.5, 0.6) is 5.75 Å². The van der Waals surface area contributed by atoms with Gasteiger partial charge in [0.25, 0.3) is 0 Å². The topological polar surface area (TPSA) is 87.7 Å². The minimum atomic E-state index is -0.964. The molecule has 0 aromatic heterocycles. The maximum Gasteiger partial charge on any atom is 0.335 e. The first kappa shape index (κ1) is 16.0. The van der Waals surface area contributed by atoms with Crippen molar-refractivity contribution in [3.05, 3.63) is 29.8 Å². The second-order valence-corrected chi connectivity index (χ2v) is 4.25. The smallest absolute Gasteiger partial charge is 0.335 e. The third kappa shape index (κ3) is 5.27. The Morgan fingerprint density at radius 2 is 1.95 bits per heavy atom. The SMILES string of the molecule is CCNC(=O)C(C)NCCOc1ccc(C(=O)O)cc1. The van der Waals surface area contributed by atoms with Crippen molar-refractivity contribution in [1.29, 1.82) is 0 Å². The Balaban J connectivity index is 2.27. The third-order valence-electron chi connectivity index (χ3n) is 2.67. The van der Waals surface area contributed by atoms with Gasteiger partial charge in [-0.1, -0.05) is 0 Å². The molecule has 0 fully saturated rings. The lowest BCUT2D eigenvalue weighted by atomic mass is 10.2. The number of amides is 1. The van der Waals surface area contributed by atoms with Crippen LogP contribution in [0.15, 0.2) is 24.3 Å². The van der Waals surface area contributed by atoms with Crippen molar-refractivity contribution in [3.63, 3.8) is 0 Å². The minimum Gasteiger partial charge on any atom is -0.492 e. The van der Waals surface area contributed by atoms with Gasteiger partial charge < -0.3 is 20.5 Å². The summed E-state index contributed by atoms with van der Waals surface area (Å²) in [5.41, 5.74) is 0.223. The van der Waals surface area contributed by atoms with Gasteiger partial charge in [0.15, 0.2) is 0 Å². The number of hydrogen-bond acceptors (Lipinski definition) is 4. The fourth-order valence-corrected chi connectivity index (χ4v) is 1.56. The Hall–Kier alpha value is -2.08. The molecular formula is C14H20N2O4. The lowest BCUT2D eigenvalue weighted by Gasteiger charge is -2.13. The van der Waals surface area contributed by atoms with Crippen LogP contribution in [0.1, 0.15) is 24.2 Å². The largest absolute Gasteiger partial charge is 0.492 e. The van der Waals surface area contributed by atoms with Crippen LogP contribution in [0, 0.1) is 0 Å². The van der Waals surface area contributed by atoms with E-state index in [9.17, 15) is 9.59 Å². The number of likely N-dealkylation sites (N-methyl/N-ethyl adjacent to an activating group) is 1. The predicted molar refractivity (Wildman–Crippen MR) is 75.0 cm³/mol. The van der Waals surface area contributed by atoms with E-state index in [2.05, 4.69) is 10.6 Å². The van der Waals surface area contributed by atoms with Crippen molar-refractivity contribution in [2.45, 2.75) is 19.9 Å². The number of aromatic carboxylic acids is 1. The zero-order valence-electron chi connectivity index (χ0n) is 11.7. The number of hydrogen-bond donors (Lipinski definition) is 3. The van der Waals surface area contributed by atoms with Gasteiger partial charge in [0.1, 0.15) is 12.4 Å². The van der Waals surface area contributed by atoms with E-state index in [1.807, 2.05) is 6.92 Å². The van der Waals surface area contributed by atoms with Crippen LogP contribution in [0.2, 0.25) is 0 Å². The summed E-state index contributed by atoms with van der Waals surface area (Å²) in [7, 11) is 0. The molecule has 0 heterocycles. The molecule has 0 saturated heterocycles.